The highest BCUT2D eigenvalue weighted by atomic mass is 127. The summed E-state index contributed by atoms with van der Waals surface area (Å²) < 4.78 is 19.6. The van der Waals surface area contributed by atoms with Crippen molar-refractivity contribution in [3.05, 3.63) is 27.6 Å². The topological polar surface area (TPSA) is 41.6 Å². The Balaban J connectivity index is 1.77. The van der Waals surface area contributed by atoms with Gasteiger partial charge in [-0.05, 0) is 80.3 Å². The monoisotopic (exact) mass is 434 g/mol. The lowest BCUT2D eigenvalue weighted by molar-refractivity contribution is 0.0188. The van der Waals surface area contributed by atoms with Crippen LogP contribution in [0.4, 0.5) is 14.9 Å². The number of carbonyl (C=O) groups is 1. The normalized spacial score (nSPS) is 16.3. The highest BCUT2D eigenvalue weighted by Crippen LogP contribution is 2.21. The first-order chi connectivity index (χ1) is 10.7. The standard InChI is InChI=1S/C17H24FIN2O2/c1-17(2,3)23-16(22)21-6-4-12(5-7-21)11-20-15-9-13(18)8-14(19)10-15/h8-10,12,20H,4-7,11H2,1-3H3. The molecule has 6 heteroatoms. The second-order valence-electron chi connectivity index (χ2n) is 6.95. The van der Waals surface area contributed by atoms with Gasteiger partial charge in [0.05, 0.1) is 0 Å². The third-order valence-corrected chi connectivity index (χ3v) is 4.35. The van der Waals surface area contributed by atoms with Gasteiger partial charge >= 0.3 is 6.09 Å². The van der Waals surface area contributed by atoms with E-state index in [0.29, 0.717) is 19.0 Å². The number of anilines is 1. The Labute approximate surface area is 150 Å². The molecule has 0 aromatic heterocycles. The fourth-order valence-corrected chi connectivity index (χ4v) is 3.20. The summed E-state index contributed by atoms with van der Waals surface area (Å²) in [5, 5.41) is 3.30. The van der Waals surface area contributed by atoms with Crippen LogP contribution in [0.1, 0.15) is 33.6 Å². The fraction of sp³-hybridized carbons (Fsp3) is 0.588. The SMILES string of the molecule is CC(C)(C)OC(=O)N1CCC(CNc2cc(F)cc(I)c2)CC1. The van der Waals surface area contributed by atoms with E-state index in [-0.39, 0.29) is 11.9 Å². The summed E-state index contributed by atoms with van der Waals surface area (Å²) >= 11 is 2.11. The maximum absolute atomic E-state index is 13.4. The van der Waals surface area contributed by atoms with E-state index in [9.17, 15) is 9.18 Å². The number of carbonyl (C=O) groups excluding carboxylic acids is 1. The summed E-state index contributed by atoms with van der Waals surface area (Å²) in [6.07, 6.45) is 1.63. The van der Waals surface area contributed by atoms with Crippen LogP contribution in [0.15, 0.2) is 18.2 Å². The summed E-state index contributed by atoms with van der Waals surface area (Å²) in [7, 11) is 0. The minimum atomic E-state index is -0.454. The predicted molar refractivity (Wildman–Crippen MR) is 98.1 cm³/mol. The van der Waals surface area contributed by atoms with Gasteiger partial charge in [0.2, 0.25) is 0 Å². The van der Waals surface area contributed by atoms with Crippen LogP contribution in [-0.4, -0.2) is 36.2 Å². The Bertz CT molecular complexity index is 532. The Kier molecular flexibility index (Phi) is 6.11. The van der Waals surface area contributed by atoms with E-state index in [1.807, 2.05) is 26.8 Å². The maximum atomic E-state index is 13.4. The number of likely N-dealkylation sites (tertiary alicyclic amines) is 1. The smallest absolute Gasteiger partial charge is 0.410 e. The number of amides is 1. The van der Waals surface area contributed by atoms with Crippen molar-refractivity contribution >= 4 is 34.4 Å². The Morgan fingerprint density at radius 1 is 1.35 bits per heavy atom. The lowest BCUT2D eigenvalue weighted by atomic mass is 9.97. The molecular formula is C17H24FIN2O2. The molecule has 1 aliphatic heterocycles. The van der Waals surface area contributed by atoms with E-state index in [0.717, 1.165) is 28.6 Å². The zero-order chi connectivity index (χ0) is 17.0. The van der Waals surface area contributed by atoms with Crippen molar-refractivity contribution in [3.63, 3.8) is 0 Å². The van der Waals surface area contributed by atoms with Crippen molar-refractivity contribution in [1.82, 2.24) is 4.90 Å². The maximum Gasteiger partial charge on any atom is 0.410 e. The number of hydrogen-bond acceptors (Lipinski definition) is 3. The lowest BCUT2D eigenvalue weighted by Crippen LogP contribution is -2.42. The van der Waals surface area contributed by atoms with Crippen molar-refractivity contribution in [2.45, 2.75) is 39.2 Å². The van der Waals surface area contributed by atoms with Crippen molar-refractivity contribution in [1.29, 1.82) is 0 Å². The van der Waals surface area contributed by atoms with E-state index >= 15 is 0 Å². The molecule has 1 saturated heterocycles. The minimum absolute atomic E-state index is 0.223. The number of nitrogens with zero attached hydrogens (tertiary/aromatic N) is 1. The van der Waals surface area contributed by atoms with Crippen LogP contribution in [0.3, 0.4) is 0 Å². The van der Waals surface area contributed by atoms with Crippen LogP contribution < -0.4 is 5.32 Å². The van der Waals surface area contributed by atoms with Crippen LogP contribution >= 0.6 is 22.6 Å². The lowest BCUT2D eigenvalue weighted by Gasteiger charge is -2.33. The highest BCUT2D eigenvalue weighted by molar-refractivity contribution is 14.1. The summed E-state index contributed by atoms with van der Waals surface area (Å²) in [5.74, 6) is 0.258. The average Bonchev–Trinajstić information content (AvgIpc) is 2.43. The van der Waals surface area contributed by atoms with E-state index in [1.165, 1.54) is 12.1 Å². The van der Waals surface area contributed by atoms with Gasteiger partial charge in [-0.2, -0.15) is 0 Å². The van der Waals surface area contributed by atoms with Gasteiger partial charge in [0.15, 0.2) is 0 Å². The zero-order valence-electron chi connectivity index (χ0n) is 13.9. The molecule has 4 nitrogen and oxygen atoms in total. The molecule has 0 radical (unpaired) electrons. The van der Waals surface area contributed by atoms with E-state index in [4.69, 9.17) is 4.74 Å². The molecule has 0 saturated carbocycles. The fourth-order valence-electron chi connectivity index (χ4n) is 2.56. The van der Waals surface area contributed by atoms with Gasteiger partial charge in [-0.25, -0.2) is 9.18 Å². The predicted octanol–water partition coefficient (Wildman–Crippen LogP) is 4.49. The van der Waals surface area contributed by atoms with E-state index < -0.39 is 5.60 Å². The highest BCUT2D eigenvalue weighted by Gasteiger charge is 2.26. The largest absolute Gasteiger partial charge is 0.444 e. The van der Waals surface area contributed by atoms with E-state index in [1.54, 1.807) is 4.90 Å². The number of halogens is 2. The molecule has 0 bridgehead atoms. The number of hydrogen-bond donors (Lipinski definition) is 1. The van der Waals surface area contributed by atoms with E-state index in [2.05, 4.69) is 27.9 Å². The summed E-state index contributed by atoms with van der Waals surface area (Å²) in [6, 6.07) is 4.95. The number of rotatable bonds is 3. The number of ether oxygens (including phenoxy) is 1. The molecule has 1 aromatic carbocycles. The Morgan fingerprint density at radius 3 is 2.57 bits per heavy atom. The quantitative estimate of drug-likeness (QED) is 0.713. The van der Waals surface area contributed by atoms with Gasteiger partial charge in [0, 0.05) is 28.9 Å². The molecule has 1 N–H and O–H groups in total. The van der Waals surface area contributed by atoms with Crippen LogP contribution in [0.5, 0.6) is 0 Å². The second-order valence-corrected chi connectivity index (χ2v) is 8.20. The van der Waals surface area contributed by atoms with Gasteiger partial charge in [-0.1, -0.05) is 0 Å². The molecule has 128 valence electrons. The van der Waals surface area contributed by atoms with Gasteiger partial charge in [-0.3, -0.25) is 0 Å². The van der Waals surface area contributed by atoms with Crippen molar-refractivity contribution < 1.29 is 13.9 Å². The average molecular weight is 434 g/mol. The minimum Gasteiger partial charge on any atom is -0.444 e. The van der Waals surface area contributed by atoms with Gasteiger partial charge < -0.3 is 15.0 Å². The van der Waals surface area contributed by atoms with Gasteiger partial charge in [0.1, 0.15) is 11.4 Å². The zero-order valence-corrected chi connectivity index (χ0v) is 16.0. The first-order valence-corrected chi connectivity index (χ1v) is 8.99. The summed E-state index contributed by atoms with van der Waals surface area (Å²) in [6.45, 7) is 7.84. The molecular weight excluding hydrogens is 410 g/mol. The third-order valence-electron chi connectivity index (χ3n) is 3.72. The first-order valence-electron chi connectivity index (χ1n) is 7.91. The van der Waals surface area contributed by atoms with Crippen LogP contribution in [0.2, 0.25) is 0 Å². The van der Waals surface area contributed by atoms with Gasteiger partial charge in [-0.15, -0.1) is 0 Å². The number of benzene rings is 1. The first kappa shape index (κ1) is 18.3. The molecule has 0 spiro atoms. The van der Waals surface area contributed by atoms with Crippen LogP contribution in [-0.2, 0) is 4.74 Å². The Morgan fingerprint density at radius 2 is 2.00 bits per heavy atom. The summed E-state index contributed by atoms with van der Waals surface area (Å²) in [4.78, 5) is 13.8. The molecule has 0 aliphatic carbocycles. The van der Waals surface area contributed by atoms with Crippen molar-refractivity contribution in [2.75, 3.05) is 25.0 Å². The molecule has 0 unspecified atom stereocenters. The molecule has 1 fully saturated rings. The molecule has 1 amide bonds. The Hall–Kier alpha value is -1.05. The van der Waals surface area contributed by atoms with Crippen LogP contribution in [0, 0.1) is 15.3 Å². The van der Waals surface area contributed by atoms with Crippen LogP contribution in [0.25, 0.3) is 0 Å². The molecule has 1 aliphatic rings. The van der Waals surface area contributed by atoms with Crippen molar-refractivity contribution in [3.8, 4) is 0 Å². The molecule has 23 heavy (non-hydrogen) atoms. The molecule has 0 atom stereocenters. The van der Waals surface area contributed by atoms with Crippen molar-refractivity contribution in [2.24, 2.45) is 5.92 Å². The number of nitrogens with one attached hydrogen (secondary N) is 1. The molecule has 1 aromatic rings. The van der Waals surface area contributed by atoms with Gasteiger partial charge in [0.25, 0.3) is 0 Å². The molecule has 1 heterocycles. The third kappa shape index (κ3) is 6.16. The second kappa shape index (κ2) is 7.68. The molecule has 2 rings (SSSR count). The number of piperidine rings is 1. The summed E-state index contributed by atoms with van der Waals surface area (Å²) in [5.41, 5.74) is 0.355.